The number of hydrogen-bond donors (Lipinski definition) is 4. The number of fused-ring (bicyclic) bond motifs is 1. The molecule has 11 nitrogen and oxygen atoms in total. The summed E-state index contributed by atoms with van der Waals surface area (Å²) in [6, 6.07) is -0.753. The third-order valence-electron chi connectivity index (χ3n) is 2.35. The van der Waals surface area contributed by atoms with Crippen LogP contribution < -0.4 is 15.7 Å². The first-order valence-electron chi connectivity index (χ1n) is 5.46. The molecule has 0 saturated heterocycles. The summed E-state index contributed by atoms with van der Waals surface area (Å²) in [4.78, 5) is 33.9. The smallest absolute Gasteiger partial charge is 0.349 e. The number of ether oxygens (including phenoxy) is 1. The lowest BCUT2D eigenvalue weighted by atomic mass is 10.2. The minimum Gasteiger partial charge on any atom is -0.349 e. The molecule has 20 heavy (non-hydrogen) atoms. The van der Waals surface area contributed by atoms with E-state index in [0.717, 1.165) is 0 Å². The van der Waals surface area contributed by atoms with Gasteiger partial charge in [0.15, 0.2) is 6.73 Å². The highest BCUT2D eigenvalue weighted by Crippen LogP contribution is 2.35. The fourth-order valence-corrected chi connectivity index (χ4v) is 1.88. The first kappa shape index (κ1) is 14.7. The summed E-state index contributed by atoms with van der Waals surface area (Å²) >= 11 is 0. The van der Waals surface area contributed by atoms with Gasteiger partial charge in [0.05, 0.1) is 13.2 Å². The highest BCUT2D eigenvalue weighted by atomic mass is 31.2. The van der Waals surface area contributed by atoms with Crippen LogP contribution in [0.15, 0.2) is 4.99 Å². The summed E-state index contributed by atoms with van der Waals surface area (Å²) in [6.07, 6.45) is 1.38. The van der Waals surface area contributed by atoms with E-state index in [4.69, 9.17) is 20.3 Å². The zero-order chi connectivity index (χ0) is 14.8. The van der Waals surface area contributed by atoms with Crippen molar-refractivity contribution in [2.75, 3.05) is 19.9 Å². The van der Waals surface area contributed by atoms with E-state index in [1.54, 1.807) is 0 Å². The number of amides is 1. The van der Waals surface area contributed by atoms with Gasteiger partial charge in [-0.15, -0.1) is 0 Å². The molecule has 2 heterocycles. The number of aliphatic imine (C=N–C) groups is 1. The molecule has 0 radical (unpaired) electrons. The number of nitrogens with zero attached hydrogens (tertiary/aromatic N) is 3. The van der Waals surface area contributed by atoms with Crippen molar-refractivity contribution in [3.63, 3.8) is 0 Å². The number of phosphoric ester groups is 1. The summed E-state index contributed by atoms with van der Waals surface area (Å²) in [5, 5.41) is 2.34. The van der Waals surface area contributed by atoms with Gasteiger partial charge in [-0.3, -0.25) is 15.1 Å². The van der Waals surface area contributed by atoms with Crippen LogP contribution in [-0.4, -0.2) is 64.7 Å². The van der Waals surface area contributed by atoms with Crippen LogP contribution in [0.4, 0.5) is 0 Å². The van der Waals surface area contributed by atoms with Gasteiger partial charge in [-0.05, 0) is 0 Å². The molecule has 2 rings (SSSR count). The maximum atomic E-state index is 11.5. The quantitative estimate of drug-likeness (QED) is 0.225. The fraction of sp³-hybridized carbons (Fsp3) is 0.500. The Morgan fingerprint density at radius 2 is 2.30 bits per heavy atom. The molecule has 0 fully saturated rings. The van der Waals surface area contributed by atoms with E-state index in [1.807, 2.05) is 0 Å². The molecule has 0 aromatic heterocycles. The summed E-state index contributed by atoms with van der Waals surface area (Å²) in [7, 11) is -4.49. The molecule has 2 aliphatic heterocycles. The Hall–Kier alpha value is -1.74. The summed E-state index contributed by atoms with van der Waals surface area (Å²) in [5.74, 6) is -0.0696. The highest BCUT2D eigenvalue weighted by Gasteiger charge is 2.41. The SMILES string of the molecule is NC1=[N+]=C2C(N=CN2COCCOP(=O)(O)O)C(=O)N1. The first-order valence-corrected chi connectivity index (χ1v) is 6.99. The van der Waals surface area contributed by atoms with Crippen molar-refractivity contribution < 1.29 is 28.4 Å². The normalized spacial score (nSPS) is 21.4. The van der Waals surface area contributed by atoms with Crippen LogP contribution in [0.25, 0.3) is 0 Å². The second-order valence-corrected chi connectivity index (χ2v) is 5.08. The molecule has 1 amide bonds. The maximum absolute atomic E-state index is 11.5. The molecule has 110 valence electrons. The predicted molar refractivity (Wildman–Crippen MR) is 67.4 cm³/mol. The monoisotopic (exact) mass is 306 g/mol. The van der Waals surface area contributed by atoms with Gasteiger partial charge in [-0.1, -0.05) is 0 Å². The number of rotatable bonds is 6. The van der Waals surface area contributed by atoms with Crippen molar-refractivity contribution in [1.82, 2.24) is 14.9 Å². The lowest BCUT2D eigenvalue weighted by Gasteiger charge is -2.13. The molecule has 5 N–H and O–H groups in total. The molecule has 1 unspecified atom stereocenters. The summed E-state index contributed by atoms with van der Waals surface area (Å²) in [5.41, 5.74) is 5.44. The first-order chi connectivity index (χ1) is 9.37. The van der Waals surface area contributed by atoms with Crippen molar-refractivity contribution in [2.45, 2.75) is 6.04 Å². The number of nitrogens with two attached hydrogens (primary N) is 1. The highest BCUT2D eigenvalue weighted by molar-refractivity contribution is 7.46. The van der Waals surface area contributed by atoms with Crippen LogP contribution in [0.3, 0.4) is 0 Å². The lowest BCUT2D eigenvalue weighted by molar-refractivity contribution is -0.119. The van der Waals surface area contributed by atoms with E-state index in [2.05, 4.69) is 19.5 Å². The van der Waals surface area contributed by atoms with Crippen molar-refractivity contribution >= 4 is 31.9 Å². The predicted octanol–water partition coefficient (Wildman–Crippen LogP) is -3.31. The Balaban J connectivity index is 1.83. The Bertz CT molecular complexity index is 550. The fourth-order valence-electron chi connectivity index (χ4n) is 1.56. The largest absolute Gasteiger partial charge is 0.469 e. The van der Waals surface area contributed by atoms with Gasteiger partial charge in [0.1, 0.15) is 6.34 Å². The van der Waals surface area contributed by atoms with Crippen molar-refractivity contribution in [3.8, 4) is 0 Å². The number of carbonyl (C=O) groups excluding carboxylic acids is 1. The van der Waals surface area contributed by atoms with Crippen molar-refractivity contribution in [1.29, 1.82) is 0 Å². The van der Waals surface area contributed by atoms with Crippen LogP contribution in [0, 0.1) is 0 Å². The van der Waals surface area contributed by atoms with E-state index >= 15 is 0 Å². The van der Waals surface area contributed by atoms with E-state index in [0.29, 0.717) is 5.84 Å². The molecule has 0 saturated carbocycles. The Morgan fingerprint density at radius 3 is 3.00 bits per heavy atom. The third-order valence-corrected chi connectivity index (χ3v) is 2.87. The Kier molecular flexibility index (Phi) is 4.19. The van der Waals surface area contributed by atoms with Gasteiger partial charge in [0, 0.05) is 0 Å². The number of phosphoric acid groups is 1. The van der Waals surface area contributed by atoms with E-state index < -0.39 is 13.9 Å². The van der Waals surface area contributed by atoms with Crippen molar-refractivity contribution in [2.24, 2.45) is 10.7 Å². The topological polar surface area (TPSA) is 161 Å². The number of nitrogens with one attached hydrogen (secondary N) is 1. The molecule has 0 spiro atoms. The molecule has 1 atom stereocenters. The Morgan fingerprint density at radius 1 is 1.55 bits per heavy atom. The molecule has 0 aromatic rings. The van der Waals surface area contributed by atoms with Gasteiger partial charge < -0.3 is 14.5 Å². The molecule has 0 bridgehead atoms. The molecular formula is C8H13N5O6P+. The Labute approximate surface area is 113 Å². The van der Waals surface area contributed by atoms with Crippen LogP contribution in [0.1, 0.15) is 0 Å². The average molecular weight is 306 g/mol. The van der Waals surface area contributed by atoms with Crippen LogP contribution in [-0.2, 0) is 18.6 Å². The molecule has 12 heteroatoms. The van der Waals surface area contributed by atoms with E-state index in [-0.39, 0.29) is 31.8 Å². The average Bonchev–Trinajstić information content (AvgIpc) is 2.70. The second-order valence-electron chi connectivity index (χ2n) is 3.84. The third kappa shape index (κ3) is 3.64. The van der Waals surface area contributed by atoms with Gasteiger partial charge >= 0.3 is 25.5 Å². The molecule has 0 aromatic carbocycles. The van der Waals surface area contributed by atoms with Gasteiger partial charge in [0.25, 0.3) is 0 Å². The minimum absolute atomic E-state index is 0.00388. The molecule has 0 aliphatic carbocycles. The van der Waals surface area contributed by atoms with Gasteiger partial charge in [0.2, 0.25) is 6.04 Å². The lowest BCUT2D eigenvalue weighted by Crippen LogP contribution is -2.53. The minimum atomic E-state index is -4.49. The number of amidine groups is 1. The maximum Gasteiger partial charge on any atom is 0.469 e. The molecule has 2 aliphatic rings. The van der Waals surface area contributed by atoms with Gasteiger partial charge in [-0.25, -0.2) is 24.4 Å². The van der Waals surface area contributed by atoms with Gasteiger partial charge in [-0.2, -0.15) is 0 Å². The zero-order valence-corrected chi connectivity index (χ0v) is 11.1. The number of hydrogen-bond acceptors (Lipinski definition) is 7. The van der Waals surface area contributed by atoms with Crippen LogP contribution in [0.2, 0.25) is 0 Å². The summed E-state index contributed by atoms with van der Waals surface area (Å²) < 4.78 is 23.7. The standard InChI is InChI=1S/C8H12N5O6P/c9-8-11-6-5(7(14)12-8)10-3-13(6)4-18-1-2-19-20(15,16)17/h3,5H,1-2,4H2,(H4,9,12,14,15,16,17)/p+1. The molecular weight excluding hydrogens is 293 g/mol. The number of guanidine groups is 1. The number of carbonyl (C=O) groups is 1. The van der Waals surface area contributed by atoms with Crippen LogP contribution in [0.5, 0.6) is 0 Å². The van der Waals surface area contributed by atoms with E-state index in [9.17, 15) is 9.36 Å². The van der Waals surface area contributed by atoms with Crippen molar-refractivity contribution in [3.05, 3.63) is 0 Å². The van der Waals surface area contributed by atoms with Crippen LogP contribution >= 0.6 is 7.82 Å². The van der Waals surface area contributed by atoms with E-state index in [1.165, 1.54) is 11.2 Å². The summed E-state index contributed by atoms with van der Waals surface area (Å²) in [6.45, 7) is -0.303. The zero-order valence-electron chi connectivity index (χ0n) is 10.2. The second kappa shape index (κ2) is 5.71.